The van der Waals surface area contributed by atoms with Crippen LogP contribution in [0, 0.1) is 0 Å². The summed E-state index contributed by atoms with van der Waals surface area (Å²) in [6.07, 6.45) is 2.76. The van der Waals surface area contributed by atoms with Crippen LogP contribution in [-0.2, 0) is 6.54 Å². The number of carbonyl (C=O) groups excluding carboxylic acids is 1. The Bertz CT molecular complexity index is 568. The number of hydrogen-bond donors (Lipinski definition) is 1. The third-order valence-corrected chi connectivity index (χ3v) is 3.10. The molecule has 0 aliphatic rings. The molecule has 0 fully saturated rings. The molecular formula is C13H13BrN4O. The molecule has 2 aromatic rings. The minimum Gasteiger partial charge on any atom is -0.382 e. The maximum Gasteiger partial charge on any atom is 0.274 e. The Morgan fingerprint density at radius 2 is 1.95 bits per heavy atom. The largest absolute Gasteiger partial charge is 0.382 e. The molecule has 0 radical (unpaired) electrons. The Hall–Kier alpha value is -1.95. The van der Waals surface area contributed by atoms with E-state index in [2.05, 4.69) is 25.9 Å². The van der Waals surface area contributed by atoms with E-state index in [0.717, 1.165) is 10.0 Å². The van der Waals surface area contributed by atoms with Crippen LogP contribution in [0.5, 0.6) is 0 Å². The van der Waals surface area contributed by atoms with Crippen LogP contribution in [0.4, 0.5) is 5.82 Å². The molecule has 1 amide bonds. The standard InChI is InChI=1S/C13H13BrN4O/c1-18(8-9-2-4-10(14)5-3-9)13(19)11-6-17-12(15)7-16-11/h2-7H,8H2,1H3,(H2,15,17). The van der Waals surface area contributed by atoms with Crippen LogP contribution in [0.1, 0.15) is 16.1 Å². The predicted octanol–water partition coefficient (Wildman–Crippen LogP) is 2.09. The van der Waals surface area contributed by atoms with Crippen LogP contribution in [0.15, 0.2) is 41.1 Å². The molecule has 2 rings (SSSR count). The molecule has 1 heterocycles. The highest BCUT2D eigenvalue weighted by molar-refractivity contribution is 9.10. The number of nitrogen functional groups attached to an aromatic ring is 1. The first-order valence-electron chi connectivity index (χ1n) is 5.63. The van der Waals surface area contributed by atoms with Crippen LogP contribution in [0.3, 0.4) is 0 Å². The molecule has 98 valence electrons. The quantitative estimate of drug-likeness (QED) is 0.940. The lowest BCUT2D eigenvalue weighted by molar-refractivity contribution is 0.0779. The highest BCUT2D eigenvalue weighted by atomic mass is 79.9. The van der Waals surface area contributed by atoms with Gasteiger partial charge in [-0.25, -0.2) is 9.97 Å². The number of nitrogens with zero attached hydrogens (tertiary/aromatic N) is 3. The molecule has 0 aliphatic heterocycles. The van der Waals surface area contributed by atoms with Gasteiger partial charge in [-0.3, -0.25) is 4.79 Å². The van der Waals surface area contributed by atoms with Gasteiger partial charge in [-0.2, -0.15) is 0 Å². The lowest BCUT2D eigenvalue weighted by Crippen LogP contribution is -2.27. The fourth-order valence-electron chi connectivity index (χ4n) is 1.58. The van der Waals surface area contributed by atoms with E-state index in [1.807, 2.05) is 24.3 Å². The minimum atomic E-state index is -0.185. The van der Waals surface area contributed by atoms with E-state index in [-0.39, 0.29) is 11.6 Å². The number of nitrogens with two attached hydrogens (primary N) is 1. The number of carbonyl (C=O) groups is 1. The van der Waals surface area contributed by atoms with Gasteiger partial charge in [0, 0.05) is 18.1 Å². The minimum absolute atomic E-state index is 0.185. The molecule has 0 bridgehead atoms. The van der Waals surface area contributed by atoms with E-state index < -0.39 is 0 Å². The summed E-state index contributed by atoms with van der Waals surface area (Å²) in [5, 5.41) is 0. The van der Waals surface area contributed by atoms with E-state index in [1.54, 1.807) is 11.9 Å². The van der Waals surface area contributed by atoms with Gasteiger partial charge in [-0.05, 0) is 17.7 Å². The Morgan fingerprint density at radius 1 is 1.26 bits per heavy atom. The van der Waals surface area contributed by atoms with E-state index in [0.29, 0.717) is 12.4 Å². The summed E-state index contributed by atoms with van der Waals surface area (Å²) in [6.45, 7) is 0.512. The fraction of sp³-hybridized carbons (Fsp3) is 0.154. The number of rotatable bonds is 3. The van der Waals surface area contributed by atoms with Crippen molar-refractivity contribution in [3.63, 3.8) is 0 Å². The summed E-state index contributed by atoms with van der Waals surface area (Å²) in [4.78, 5) is 21.5. The molecular weight excluding hydrogens is 308 g/mol. The summed E-state index contributed by atoms with van der Waals surface area (Å²) in [6, 6.07) is 7.80. The van der Waals surface area contributed by atoms with Gasteiger partial charge in [-0.1, -0.05) is 28.1 Å². The average molecular weight is 321 g/mol. The topological polar surface area (TPSA) is 72.1 Å². The van der Waals surface area contributed by atoms with Crippen molar-refractivity contribution < 1.29 is 4.79 Å². The van der Waals surface area contributed by atoms with Gasteiger partial charge in [0.15, 0.2) is 0 Å². The van der Waals surface area contributed by atoms with Crippen LogP contribution in [0.25, 0.3) is 0 Å². The molecule has 2 N–H and O–H groups in total. The van der Waals surface area contributed by atoms with Crippen LogP contribution in [0.2, 0.25) is 0 Å². The lowest BCUT2D eigenvalue weighted by Gasteiger charge is -2.16. The maximum atomic E-state index is 12.1. The third-order valence-electron chi connectivity index (χ3n) is 2.57. The van der Waals surface area contributed by atoms with Gasteiger partial charge in [0.2, 0.25) is 0 Å². The summed E-state index contributed by atoms with van der Waals surface area (Å²) in [5.74, 6) is 0.113. The first kappa shape index (κ1) is 13.5. The lowest BCUT2D eigenvalue weighted by atomic mass is 10.2. The molecule has 6 heteroatoms. The molecule has 0 aliphatic carbocycles. The number of benzene rings is 1. The molecule has 0 saturated carbocycles. The zero-order valence-corrected chi connectivity index (χ0v) is 12.0. The van der Waals surface area contributed by atoms with Crippen molar-refractivity contribution in [1.82, 2.24) is 14.9 Å². The van der Waals surface area contributed by atoms with Crippen molar-refractivity contribution in [1.29, 1.82) is 0 Å². The molecule has 1 aromatic heterocycles. The number of amides is 1. The van der Waals surface area contributed by atoms with Crippen molar-refractivity contribution in [3.8, 4) is 0 Å². The van der Waals surface area contributed by atoms with Crippen molar-refractivity contribution >= 4 is 27.7 Å². The van der Waals surface area contributed by atoms with E-state index in [1.165, 1.54) is 12.4 Å². The van der Waals surface area contributed by atoms with Crippen LogP contribution in [-0.4, -0.2) is 27.8 Å². The molecule has 0 spiro atoms. The van der Waals surface area contributed by atoms with Gasteiger partial charge < -0.3 is 10.6 Å². The second kappa shape index (κ2) is 5.79. The number of hydrogen-bond acceptors (Lipinski definition) is 4. The summed E-state index contributed by atoms with van der Waals surface area (Å²) in [5.41, 5.74) is 6.77. The smallest absolute Gasteiger partial charge is 0.274 e. The molecule has 1 aromatic carbocycles. The average Bonchev–Trinajstić information content (AvgIpc) is 2.41. The van der Waals surface area contributed by atoms with Gasteiger partial charge in [-0.15, -0.1) is 0 Å². The van der Waals surface area contributed by atoms with Gasteiger partial charge in [0.25, 0.3) is 5.91 Å². The Balaban J connectivity index is 2.07. The molecule has 0 atom stereocenters. The van der Waals surface area contributed by atoms with Gasteiger partial charge >= 0.3 is 0 Å². The molecule has 5 nitrogen and oxygen atoms in total. The maximum absolute atomic E-state index is 12.1. The van der Waals surface area contributed by atoms with E-state index in [4.69, 9.17) is 5.73 Å². The Kier molecular flexibility index (Phi) is 4.11. The summed E-state index contributed by atoms with van der Waals surface area (Å²) >= 11 is 3.37. The number of aromatic nitrogens is 2. The molecule has 0 saturated heterocycles. The second-order valence-electron chi connectivity index (χ2n) is 4.11. The van der Waals surface area contributed by atoms with Crippen molar-refractivity contribution in [2.45, 2.75) is 6.54 Å². The normalized spacial score (nSPS) is 10.2. The first-order valence-corrected chi connectivity index (χ1v) is 6.43. The van der Waals surface area contributed by atoms with Crippen molar-refractivity contribution in [2.75, 3.05) is 12.8 Å². The summed E-state index contributed by atoms with van der Waals surface area (Å²) < 4.78 is 1.01. The monoisotopic (exact) mass is 320 g/mol. The zero-order valence-electron chi connectivity index (χ0n) is 10.4. The highest BCUT2D eigenvalue weighted by Gasteiger charge is 2.13. The zero-order chi connectivity index (χ0) is 13.8. The van der Waals surface area contributed by atoms with Crippen LogP contribution < -0.4 is 5.73 Å². The third kappa shape index (κ3) is 3.51. The van der Waals surface area contributed by atoms with Crippen molar-refractivity contribution in [2.24, 2.45) is 0 Å². The van der Waals surface area contributed by atoms with E-state index >= 15 is 0 Å². The highest BCUT2D eigenvalue weighted by Crippen LogP contribution is 2.12. The first-order chi connectivity index (χ1) is 9.06. The summed E-state index contributed by atoms with van der Waals surface area (Å²) in [7, 11) is 1.72. The van der Waals surface area contributed by atoms with Crippen LogP contribution >= 0.6 is 15.9 Å². The van der Waals surface area contributed by atoms with Gasteiger partial charge in [0.1, 0.15) is 11.5 Å². The molecule has 0 unspecified atom stereocenters. The van der Waals surface area contributed by atoms with E-state index in [9.17, 15) is 4.79 Å². The Morgan fingerprint density at radius 3 is 2.53 bits per heavy atom. The van der Waals surface area contributed by atoms with Gasteiger partial charge in [0.05, 0.1) is 12.4 Å². The Labute approximate surface area is 119 Å². The SMILES string of the molecule is CN(Cc1ccc(Br)cc1)C(=O)c1cnc(N)cn1. The predicted molar refractivity (Wildman–Crippen MR) is 76.4 cm³/mol. The second-order valence-corrected chi connectivity index (χ2v) is 5.03. The number of halogens is 1. The molecule has 19 heavy (non-hydrogen) atoms. The number of anilines is 1. The fourth-order valence-corrected chi connectivity index (χ4v) is 1.84. The van der Waals surface area contributed by atoms with Crippen molar-refractivity contribution in [3.05, 3.63) is 52.4 Å².